The highest BCUT2D eigenvalue weighted by Gasteiger charge is 2.14. The van der Waals surface area contributed by atoms with Crippen LogP contribution in [0.1, 0.15) is 30.9 Å². The van der Waals surface area contributed by atoms with Gasteiger partial charge in [0.05, 0.1) is 23.5 Å². The molecule has 2 heterocycles. The van der Waals surface area contributed by atoms with E-state index in [1.54, 1.807) is 24.3 Å². The van der Waals surface area contributed by atoms with Gasteiger partial charge in [-0.1, -0.05) is 13.8 Å². The zero-order valence-electron chi connectivity index (χ0n) is 15.7. The van der Waals surface area contributed by atoms with Crippen LogP contribution in [0.4, 0.5) is 4.39 Å². The standard InChI is InChI=1S/C21H16FN5O2/c1-12(2)16-8-15(5-3-13(16)9-23)29-19-6-4-14(7-17(19)22)27-20-18(26-21(27)28)10-24-11-25-20/h3-8,10-12H,1-2H3,(H,26,28). The van der Waals surface area contributed by atoms with Gasteiger partial charge in [-0.15, -0.1) is 0 Å². The Kier molecular flexibility index (Phi) is 4.56. The SMILES string of the molecule is CC(C)c1cc(Oc2ccc(-n3c(=O)[nH]c4cncnc43)cc2F)ccc1C#N. The summed E-state index contributed by atoms with van der Waals surface area (Å²) in [5.41, 5.74) is 2.06. The molecular formula is C21H16FN5O2. The van der Waals surface area contributed by atoms with Gasteiger partial charge in [-0.25, -0.2) is 23.7 Å². The third-order valence-corrected chi connectivity index (χ3v) is 4.51. The number of benzene rings is 2. The van der Waals surface area contributed by atoms with Crippen molar-refractivity contribution in [1.29, 1.82) is 5.26 Å². The normalized spacial score (nSPS) is 11.0. The number of hydrogen-bond donors (Lipinski definition) is 1. The van der Waals surface area contributed by atoms with Crippen molar-refractivity contribution in [2.24, 2.45) is 0 Å². The van der Waals surface area contributed by atoms with Gasteiger partial charge in [-0.2, -0.15) is 5.26 Å². The zero-order chi connectivity index (χ0) is 20.5. The fourth-order valence-corrected chi connectivity index (χ4v) is 3.12. The molecule has 0 aliphatic heterocycles. The summed E-state index contributed by atoms with van der Waals surface area (Å²) in [5.74, 6) is -0.0727. The summed E-state index contributed by atoms with van der Waals surface area (Å²) in [6, 6.07) is 11.4. The van der Waals surface area contributed by atoms with Crippen LogP contribution in [-0.4, -0.2) is 19.5 Å². The lowest BCUT2D eigenvalue weighted by molar-refractivity contribution is 0.441. The molecule has 0 spiro atoms. The van der Waals surface area contributed by atoms with E-state index in [2.05, 4.69) is 21.0 Å². The van der Waals surface area contributed by atoms with Gasteiger partial charge in [0, 0.05) is 6.07 Å². The van der Waals surface area contributed by atoms with Gasteiger partial charge in [0.15, 0.2) is 17.2 Å². The van der Waals surface area contributed by atoms with Gasteiger partial charge in [-0.3, -0.25) is 0 Å². The Balaban J connectivity index is 1.70. The molecule has 0 bridgehead atoms. The van der Waals surface area contributed by atoms with Crippen LogP contribution in [-0.2, 0) is 0 Å². The van der Waals surface area contributed by atoms with Crippen LogP contribution >= 0.6 is 0 Å². The second-order valence-electron chi connectivity index (χ2n) is 6.76. The number of ether oxygens (including phenoxy) is 1. The lowest BCUT2D eigenvalue weighted by Crippen LogP contribution is -2.15. The lowest BCUT2D eigenvalue weighted by Gasteiger charge is -2.12. The maximum Gasteiger partial charge on any atom is 0.332 e. The maximum atomic E-state index is 14.7. The Morgan fingerprint density at radius 3 is 2.79 bits per heavy atom. The molecule has 2 aromatic carbocycles. The number of aromatic nitrogens is 4. The number of aromatic amines is 1. The van der Waals surface area contributed by atoms with E-state index in [0.717, 1.165) is 5.56 Å². The molecule has 0 atom stereocenters. The predicted molar refractivity (Wildman–Crippen MR) is 105 cm³/mol. The van der Waals surface area contributed by atoms with Crippen LogP contribution in [0.5, 0.6) is 11.5 Å². The average Bonchev–Trinajstić information content (AvgIpc) is 3.05. The number of nitriles is 1. The highest BCUT2D eigenvalue weighted by atomic mass is 19.1. The third kappa shape index (κ3) is 3.34. The Hall–Kier alpha value is -3.99. The zero-order valence-corrected chi connectivity index (χ0v) is 15.7. The number of halogens is 1. The Morgan fingerprint density at radius 2 is 2.07 bits per heavy atom. The molecule has 4 rings (SSSR count). The summed E-state index contributed by atoms with van der Waals surface area (Å²) in [6.45, 7) is 3.94. The van der Waals surface area contributed by atoms with E-state index < -0.39 is 11.5 Å². The molecule has 0 aliphatic rings. The van der Waals surface area contributed by atoms with Crippen LogP contribution < -0.4 is 10.4 Å². The van der Waals surface area contributed by atoms with Gasteiger partial charge in [-0.05, 0) is 41.8 Å². The summed E-state index contributed by atoms with van der Waals surface area (Å²) < 4.78 is 21.7. The van der Waals surface area contributed by atoms with E-state index in [0.29, 0.717) is 28.2 Å². The average molecular weight is 389 g/mol. The van der Waals surface area contributed by atoms with Crippen molar-refractivity contribution in [1.82, 2.24) is 19.5 Å². The van der Waals surface area contributed by atoms with Crippen molar-refractivity contribution in [3.63, 3.8) is 0 Å². The van der Waals surface area contributed by atoms with E-state index in [9.17, 15) is 14.4 Å². The number of nitrogens with zero attached hydrogens (tertiary/aromatic N) is 4. The molecule has 0 saturated heterocycles. The first-order valence-electron chi connectivity index (χ1n) is 8.90. The molecule has 144 valence electrons. The highest BCUT2D eigenvalue weighted by molar-refractivity contribution is 5.71. The monoisotopic (exact) mass is 389 g/mol. The van der Waals surface area contributed by atoms with Gasteiger partial charge >= 0.3 is 5.69 Å². The van der Waals surface area contributed by atoms with E-state index in [-0.39, 0.29) is 11.7 Å². The van der Waals surface area contributed by atoms with E-state index in [4.69, 9.17) is 4.74 Å². The van der Waals surface area contributed by atoms with Crippen molar-refractivity contribution in [2.45, 2.75) is 19.8 Å². The number of imidazole rings is 1. The molecule has 0 aliphatic carbocycles. The second kappa shape index (κ2) is 7.20. The number of H-pyrrole nitrogens is 1. The fraction of sp³-hybridized carbons (Fsp3) is 0.143. The van der Waals surface area contributed by atoms with Crippen LogP contribution in [0.15, 0.2) is 53.7 Å². The van der Waals surface area contributed by atoms with Crippen molar-refractivity contribution >= 4 is 11.2 Å². The third-order valence-electron chi connectivity index (χ3n) is 4.51. The first-order valence-corrected chi connectivity index (χ1v) is 8.90. The molecule has 4 aromatic rings. The van der Waals surface area contributed by atoms with Crippen LogP contribution in [0.25, 0.3) is 16.9 Å². The minimum atomic E-state index is -0.631. The second-order valence-corrected chi connectivity index (χ2v) is 6.76. The van der Waals surface area contributed by atoms with Gasteiger partial charge < -0.3 is 9.72 Å². The molecule has 1 N–H and O–H groups in total. The number of fused-ring (bicyclic) bond motifs is 1. The predicted octanol–water partition coefficient (Wildman–Crippen LogP) is 4.04. The molecule has 8 heteroatoms. The largest absolute Gasteiger partial charge is 0.454 e. The molecule has 7 nitrogen and oxygen atoms in total. The Morgan fingerprint density at radius 1 is 1.24 bits per heavy atom. The van der Waals surface area contributed by atoms with E-state index in [1.807, 2.05) is 13.8 Å². The van der Waals surface area contributed by atoms with Gasteiger partial charge in [0.25, 0.3) is 0 Å². The number of nitrogens with one attached hydrogen (secondary N) is 1. The molecule has 0 radical (unpaired) electrons. The van der Waals surface area contributed by atoms with Crippen molar-refractivity contribution in [3.8, 4) is 23.3 Å². The fourth-order valence-electron chi connectivity index (χ4n) is 3.12. The van der Waals surface area contributed by atoms with Crippen molar-refractivity contribution in [3.05, 3.63) is 76.4 Å². The van der Waals surface area contributed by atoms with Gasteiger partial charge in [0.2, 0.25) is 0 Å². The van der Waals surface area contributed by atoms with E-state index >= 15 is 0 Å². The molecule has 0 unspecified atom stereocenters. The Bertz CT molecular complexity index is 1320. The van der Waals surface area contributed by atoms with Gasteiger partial charge in [0.1, 0.15) is 17.6 Å². The topological polar surface area (TPSA) is 96.6 Å². The molecule has 29 heavy (non-hydrogen) atoms. The lowest BCUT2D eigenvalue weighted by atomic mass is 9.98. The number of rotatable bonds is 4. The van der Waals surface area contributed by atoms with Crippen molar-refractivity contribution in [2.75, 3.05) is 0 Å². The van der Waals surface area contributed by atoms with Crippen LogP contribution in [0.3, 0.4) is 0 Å². The van der Waals surface area contributed by atoms with E-state index in [1.165, 1.54) is 29.2 Å². The number of hydrogen-bond acceptors (Lipinski definition) is 5. The smallest absolute Gasteiger partial charge is 0.332 e. The molecule has 0 amide bonds. The minimum absolute atomic E-state index is 0.00989. The first kappa shape index (κ1) is 18.4. The summed E-state index contributed by atoms with van der Waals surface area (Å²) in [7, 11) is 0. The molecule has 0 fully saturated rings. The maximum absolute atomic E-state index is 14.7. The van der Waals surface area contributed by atoms with Crippen LogP contribution in [0.2, 0.25) is 0 Å². The molecule has 0 saturated carbocycles. The Labute approximate surface area is 165 Å². The summed E-state index contributed by atoms with van der Waals surface area (Å²) in [6.07, 6.45) is 2.79. The summed E-state index contributed by atoms with van der Waals surface area (Å²) >= 11 is 0. The van der Waals surface area contributed by atoms with Crippen LogP contribution in [0, 0.1) is 17.1 Å². The summed E-state index contributed by atoms with van der Waals surface area (Å²) in [4.78, 5) is 22.8. The first-order chi connectivity index (χ1) is 14.0. The summed E-state index contributed by atoms with van der Waals surface area (Å²) in [5, 5.41) is 9.22. The minimum Gasteiger partial charge on any atom is -0.454 e. The van der Waals surface area contributed by atoms with Crippen molar-refractivity contribution < 1.29 is 9.13 Å². The molecular weight excluding hydrogens is 373 g/mol. The molecule has 2 aromatic heterocycles. The highest BCUT2D eigenvalue weighted by Crippen LogP contribution is 2.30. The quantitative estimate of drug-likeness (QED) is 0.568.